The summed E-state index contributed by atoms with van der Waals surface area (Å²) in [7, 11) is 0. The summed E-state index contributed by atoms with van der Waals surface area (Å²) < 4.78 is 13.5. The first-order chi connectivity index (χ1) is 7.66. The summed E-state index contributed by atoms with van der Waals surface area (Å²) in [5.41, 5.74) is 6.54. The average Bonchev–Trinajstić information content (AvgIpc) is 2.75. The van der Waals surface area contributed by atoms with Gasteiger partial charge in [0.25, 0.3) is 0 Å². The molecule has 5 heteroatoms. The van der Waals surface area contributed by atoms with Gasteiger partial charge in [0.2, 0.25) is 0 Å². The zero-order valence-electron chi connectivity index (χ0n) is 8.79. The molecule has 1 heterocycles. The number of nitrogens with zero attached hydrogens (tertiary/aromatic N) is 2. The molecule has 0 unspecified atom stereocenters. The van der Waals surface area contributed by atoms with E-state index in [0.717, 1.165) is 25.9 Å². The van der Waals surface area contributed by atoms with Gasteiger partial charge in [-0.05, 0) is 47.0 Å². The summed E-state index contributed by atoms with van der Waals surface area (Å²) in [6, 6.07) is 4.37. The van der Waals surface area contributed by atoms with Crippen molar-refractivity contribution in [3.05, 3.63) is 28.5 Å². The molecule has 3 nitrogen and oxygen atoms in total. The lowest BCUT2D eigenvalue weighted by molar-refractivity contribution is 0.513. The van der Waals surface area contributed by atoms with E-state index in [1.54, 1.807) is 6.07 Å². The number of benzene rings is 1. The van der Waals surface area contributed by atoms with Gasteiger partial charge in [-0.15, -0.1) is 0 Å². The van der Waals surface area contributed by atoms with Crippen LogP contribution in [0.15, 0.2) is 27.7 Å². The van der Waals surface area contributed by atoms with E-state index >= 15 is 0 Å². The van der Waals surface area contributed by atoms with Gasteiger partial charge in [-0.25, -0.2) is 9.38 Å². The maximum absolute atomic E-state index is 12.9. The molecule has 0 aliphatic carbocycles. The van der Waals surface area contributed by atoms with E-state index in [4.69, 9.17) is 5.73 Å². The van der Waals surface area contributed by atoms with Gasteiger partial charge in [-0.2, -0.15) is 0 Å². The third-order valence-electron chi connectivity index (χ3n) is 2.57. The summed E-state index contributed by atoms with van der Waals surface area (Å²) in [6.45, 7) is 1.91. The second-order valence-corrected chi connectivity index (χ2v) is 4.61. The molecule has 2 rings (SSSR count). The molecular formula is C11H13BrFN3. The van der Waals surface area contributed by atoms with Gasteiger partial charge in [0, 0.05) is 17.6 Å². The topological polar surface area (TPSA) is 41.6 Å². The Balaban J connectivity index is 2.20. The first-order valence-electron chi connectivity index (χ1n) is 5.21. The number of likely N-dealkylation sites (tertiary alicyclic amines) is 1. The second-order valence-electron chi connectivity index (χ2n) is 3.76. The molecule has 1 aliphatic rings. The maximum atomic E-state index is 12.9. The number of hydrogen-bond acceptors (Lipinski definition) is 1. The van der Waals surface area contributed by atoms with E-state index in [1.165, 1.54) is 12.1 Å². The molecule has 16 heavy (non-hydrogen) atoms. The van der Waals surface area contributed by atoms with Gasteiger partial charge in [0.05, 0.1) is 5.69 Å². The number of aliphatic imine (C=N–C) groups is 1. The summed E-state index contributed by atoms with van der Waals surface area (Å²) in [4.78, 5) is 6.33. The average molecular weight is 286 g/mol. The fraction of sp³-hybridized carbons (Fsp3) is 0.364. The molecule has 1 aromatic rings. The van der Waals surface area contributed by atoms with E-state index < -0.39 is 0 Å². The van der Waals surface area contributed by atoms with Crippen molar-refractivity contribution in [2.75, 3.05) is 13.1 Å². The van der Waals surface area contributed by atoms with Gasteiger partial charge < -0.3 is 10.6 Å². The Morgan fingerprint density at radius 2 is 2.06 bits per heavy atom. The Bertz CT molecular complexity index is 414. The Morgan fingerprint density at radius 3 is 2.69 bits per heavy atom. The van der Waals surface area contributed by atoms with E-state index in [1.807, 2.05) is 4.90 Å². The smallest absolute Gasteiger partial charge is 0.196 e. The normalized spacial score (nSPS) is 16.9. The van der Waals surface area contributed by atoms with Gasteiger partial charge in [0.15, 0.2) is 5.96 Å². The highest BCUT2D eigenvalue weighted by molar-refractivity contribution is 9.10. The van der Waals surface area contributed by atoms with Crippen molar-refractivity contribution >= 4 is 27.6 Å². The molecule has 0 amide bonds. The standard InChI is InChI=1S/C11H13BrFN3/c12-9-7-8(13)3-4-10(9)15-11(14)16-5-1-2-6-16/h3-4,7H,1-2,5-6H2,(H2,14,15). The fourth-order valence-electron chi connectivity index (χ4n) is 1.71. The Morgan fingerprint density at radius 1 is 1.38 bits per heavy atom. The third kappa shape index (κ3) is 2.52. The molecule has 2 N–H and O–H groups in total. The molecule has 86 valence electrons. The van der Waals surface area contributed by atoms with E-state index in [2.05, 4.69) is 20.9 Å². The molecule has 0 saturated carbocycles. The van der Waals surface area contributed by atoms with Crippen molar-refractivity contribution in [2.24, 2.45) is 10.7 Å². The van der Waals surface area contributed by atoms with Crippen LogP contribution in [0.25, 0.3) is 0 Å². The highest BCUT2D eigenvalue weighted by atomic mass is 79.9. The minimum Gasteiger partial charge on any atom is -0.369 e. The largest absolute Gasteiger partial charge is 0.369 e. The summed E-state index contributed by atoms with van der Waals surface area (Å²) in [5.74, 6) is 0.218. The first kappa shape index (κ1) is 11.4. The summed E-state index contributed by atoms with van der Waals surface area (Å²) in [6.07, 6.45) is 2.31. The van der Waals surface area contributed by atoms with Gasteiger partial charge in [-0.1, -0.05) is 0 Å². The quantitative estimate of drug-likeness (QED) is 0.637. The van der Waals surface area contributed by atoms with Crippen LogP contribution in [-0.2, 0) is 0 Å². The lowest BCUT2D eigenvalue weighted by atomic mass is 10.3. The molecule has 1 saturated heterocycles. The number of halogens is 2. The summed E-state index contributed by atoms with van der Waals surface area (Å²) in [5, 5.41) is 0. The molecule has 0 radical (unpaired) electrons. The maximum Gasteiger partial charge on any atom is 0.196 e. The molecule has 1 aliphatic heterocycles. The lowest BCUT2D eigenvalue weighted by Gasteiger charge is -2.15. The van der Waals surface area contributed by atoms with Crippen LogP contribution in [0.5, 0.6) is 0 Å². The van der Waals surface area contributed by atoms with Crippen LogP contribution in [0.2, 0.25) is 0 Å². The highest BCUT2D eigenvalue weighted by Crippen LogP contribution is 2.26. The van der Waals surface area contributed by atoms with Crippen LogP contribution in [-0.4, -0.2) is 23.9 Å². The number of guanidine groups is 1. The minimum atomic E-state index is -0.287. The number of nitrogens with two attached hydrogens (primary N) is 1. The highest BCUT2D eigenvalue weighted by Gasteiger charge is 2.13. The van der Waals surface area contributed by atoms with Crippen molar-refractivity contribution in [3.63, 3.8) is 0 Å². The van der Waals surface area contributed by atoms with Gasteiger partial charge >= 0.3 is 0 Å². The molecular weight excluding hydrogens is 273 g/mol. The Hall–Kier alpha value is -1.10. The van der Waals surface area contributed by atoms with Crippen molar-refractivity contribution in [1.82, 2.24) is 4.90 Å². The molecule has 0 spiro atoms. The van der Waals surface area contributed by atoms with Gasteiger partial charge in [0.1, 0.15) is 5.82 Å². The molecule has 0 bridgehead atoms. The first-order valence-corrected chi connectivity index (χ1v) is 6.00. The van der Waals surface area contributed by atoms with Crippen molar-refractivity contribution < 1.29 is 4.39 Å². The van der Waals surface area contributed by atoms with Crippen molar-refractivity contribution in [3.8, 4) is 0 Å². The second kappa shape index (κ2) is 4.82. The zero-order valence-corrected chi connectivity index (χ0v) is 10.4. The van der Waals surface area contributed by atoms with Crippen LogP contribution in [0.3, 0.4) is 0 Å². The van der Waals surface area contributed by atoms with Crippen molar-refractivity contribution in [1.29, 1.82) is 0 Å². The zero-order chi connectivity index (χ0) is 11.5. The van der Waals surface area contributed by atoms with Gasteiger partial charge in [-0.3, -0.25) is 0 Å². The Kier molecular flexibility index (Phi) is 3.43. The van der Waals surface area contributed by atoms with Crippen LogP contribution < -0.4 is 5.73 Å². The number of rotatable bonds is 1. The molecule has 1 aromatic carbocycles. The fourth-order valence-corrected chi connectivity index (χ4v) is 2.15. The van der Waals surface area contributed by atoms with Crippen LogP contribution >= 0.6 is 15.9 Å². The molecule has 0 aromatic heterocycles. The SMILES string of the molecule is NC(=Nc1ccc(F)cc1Br)N1CCCC1. The third-order valence-corrected chi connectivity index (χ3v) is 3.21. The van der Waals surface area contributed by atoms with Crippen molar-refractivity contribution in [2.45, 2.75) is 12.8 Å². The van der Waals surface area contributed by atoms with Crippen LogP contribution in [0, 0.1) is 5.82 Å². The van der Waals surface area contributed by atoms with E-state index in [9.17, 15) is 4.39 Å². The van der Waals surface area contributed by atoms with E-state index in [0.29, 0.717) is 16.1 Å². The molecule has 0 atom stereocenters. The van der Waals surface area contributed by atoms with E-state index in [-0.39, 0.29) is 5.82 Å². The summed E-state index contributed by atoms with van der Waals surface area (Å²) >= 11 is 3.26. The minimum absolute atomic E-state index is 0.287. The Labute approximate surface area is 102 Å². The molecule has 1 fully saturated rings. The van der Waals surface area contributed by atoms with Crippen LogP contribution in [0.4, 0.5) is 10.1 Å². The lowest BCUT2D eigenvalue weighted by Crippen LogP contribution is -2.34. The number of hydrogen-bond donors (Lipinski definition) is 1. The predicted octanol–water partition coefficient (Wildman–Crippen LogP) is 2.63. The van der Waals surface area contributed by atoms with Crippen LogP contribution in [0.1, 0.15) is 12.8 Å². The predicted molar refractivity (Wildman–Crippen MR) is 66.2 cm³/mol. The monoisotopic (exact) mass is 285 g/mol.